The Labute approximate surface area is 143 Å². The highest BCUT2D eigenvalue weighted by molar-refractivity contribution is 6.11. The molecule has 0 atom stereocenters. The van der Waals surface area contributed by atoms with E-state index in [-0.39, 0.29) is 17.1 Å². The molecule has 7 nitrogen and oxygen atoms in total. The standard InChI is InChI=1S/C18H15N3O4/c19-13-6-7-16(25-11-17(22)23)15(8-13)18(24)12-9-20-21(10-12)14-4-2-1-3-5-14/h1-10H,11,19H2,(H,22,23). The molecule has 0 bridgehead atoms. The summed E-state index contributed by atoms with van der Waals surface area (Å²) in [5.41, 5.74) is 7.47. The van der Waals surface area contributed by atoms with E-state index in [1.54, 1.807) is 16.9 Å². The molecule has 25 heavy (non-hydrogen) atoms. The van der Waals surface area contributed by atoms with Gasteiger partial charge in [-0.2, -0.15) is 5.10 Å². The fourth-order valence-corrected chi connectivity index (χ4v) is 2.31. The third-order valence-corrected chi connectivity index (χ3v) is 3.46. The number of nitrogens with zero attached hydrogens (tertiary/aromatic N) is 2. The van der Waals surface area contributed by atoms with Crippen molar-refractivity contribution >= 4 is 17.4 Å². The summed E-state index contributed by atoms with van der Waals surface area (Å²) in [7, 11) is 0. The van der Waals surface area contributed by atoms with Crippen LogP contribution in [0.3, 0.4) is 0 Å². The zero-order valence-corrected chi connectivity index (χ0v) is 13.1. The lowest BCUT2D eigenvalue weighted by Crippen LogP contribution is -2.12. The first-order valence-electron chi connectivity index (χ1n) is 7.43. The number of aromatic nitrogens is 2. The Bertz CT molecular complexity index is 919. The number of anilines is 1. The van der Waals surface area contributed by atoms with Gasteiger partial charge in [-0.3, -0.25) is 4.79 Å². The molecular weight excluding hydrogens is 322 g/mol. The number of rotatable bonds is 6. The van der Waals surface area contributed by atoms with Gasteiger partial charge in [-0.15, -0.1) is 0 Å². The van der Waals surface area contributed by atoms with E-state index in [0.29, 0.717) is 11.3 Å². The number of hydrogen-bond acceptors (Lipinski definition) is 5. The van der Waals surface area contributed by atoms with Crippen molar-refractivity contribution in [2.45, 2.75) is 0 Å². The second-order valence-electron chi connectivity index (χ2n) is 5.28. The van der Waals surface area contributed by atoms with Crippen LogP contribution in [0, 0.1) is 0 Å². The van der Waals surface area contributed by atoms with Crippen LogP contribution in [0.15, 0.2) is 60.9 Å². The van der Waals surface area contributed by atoms with Gasteiger partial charge in [-0.1, -0.05) is 18.2 Å². The first kappa shape index (κ1) is 16.3. The lowest BCUT2D eigenvalue weighted by Gasteiger charge is -2.09. The number of carboxylic acid groups (broad SMARTS) is 1. The van der Waals surface area contributed by atoms with Crippen LogP contribution in [0.2, 0.25) is 0 Å². The molecule has 126 valence electrons. The number of nitrogen functional groups attached to an aromatic ring is 1. The Kier molecular flexibility index (Phi) is 4.47. The van der Waals surface area contributed by atoms with Crippen molar-refractivity contribution in [1.29, 1.82) is 0 Å². The van der Waals surface area contributed by atoms with Gasteiger partial charge in [0.25, 0.3) is 0 Å². The van der Waals surface area contributed by atoms with Gasteiger partial charge in [-0.05, 0) is 30.3 Å². The number of nitrogens with two attached hydrogens (primary N) is 1. The SMILES string of the molecule is Nc1ccc(OCC(=O)O)c(C(=O)c2cnn(-c3ccccc3)c2)c1. The summed E-state index contributed by atoms with van der Waals surface area (Å²) in [6, 6.07) is 13.8. The van der Waals surface area contributed by atoms with Gasteiger partial charge in [0.1, 0.15) is 5.75 Å². The molecule has 0 aliphatic carbocycles. The predicted molar refractivity (Wildman–Crippen MR) is 91.0 cm³/mol. The number of carbonyl (C=O) groups excluding carboxylic acids is 1. The average molecular weight is 337 g/mol. The van der Waals surface area contributed by atoms with Crippen molar-refractivity contribution in [3.8, 4) is 11.4 Å². The summed E-state index contributed by atoms with van der Waals surface area (Å²) in [5.74, 6) is -1.32. The van der Waals surface area contributed by atoms with Crippen LogP contribution in [0.1, 0.15) is 15.9 Å². The van der Waals surface area contributed by atoms with Crippen LogP contribution in [0.5, 0.6) is 5.75 Å². The van der Waals surface area contributed by atoms with Gasteiger partial charge in [0.05, 0.1) is 23.0 Å². The first-order valence-corrected chi connectivity index (χ1v) is 7.43. The molecule has 3 aromatic rings. The highest BCUT2D eigenvalue weighted by atomic mass is 16.5. The maximum atomic E-state index is 12.8. The minimum atomic E-state index is -1.13. The first-order chi connectivity index (χ1) is 12.0. The van der Waals surface area contributed by atoms with E-state index in [2.05, 4.69) is 5.10 Å². The van der Waals surface area contributed by atoms with Crippen molar-refractivity contribution in [2.75, 3.05) is 12.3 Å². The third-order valence-electron chi connectivity index (χ3n) is 3.46. The molecule has 0 fully saturated rings. The maximum absolute atomic E-state index is 12.8. The minimum absolute atomic E-state index is 0.161. The Morgan fingerprint density at radius 1 is 1.16 bits per heavy atom. The fraction of sp³-hybridized carbons (Fsp3) is 0.0556. The quantitative estimate of drug-likeness (QED) is 0.527. The van der Waals surface area contributed by atoms with Crippen LogP contribution in [-0.4, -0.2) is 33.2 Å². The number of ketones is 1. The van der Waals surface area contributed by atoms with Crippen LogP contribution in [0.25, 0.3) is 5.69 Å². The Morgan fingerprint density at radius 2 is 1.92 bits per heavy atom. The molecule has 0 aliphatic heterocycles. The van der Waals surface area contributed by atoms with Gasteiger partial charge >= 0.3 is 5.97 Å². The van der Waals surface area contributed by atoms with Gasteiger partial charge in [0.15, 0.2) is 12.4 Å². The third kappa shape index (κ3) is 3.66. The number of carboxylic acids is 1. The molecule has 0 unspecified atom stereocenters. The number of ether oxygens (including phenoxy) is 1. The zero-order chi connectivity index (χ0) is 17.8. The van der Waals surface area contributed by atoms with E-state index >= 15 is 0 Å². The Morgan fingerprint density at radius 3 is 2.64 bits per heavy atom. The molecule has 0 saturated heterocycles. The number of para-hydroxylation sites is 1. The van der Waals surface area contributed by atoms with E-state index in [9.17, 15) is 9.59 Å². The highest BCUT2D eigenvalue weighted by Crippen LogP contribution is 2.24. The number of hydrogen-bond donors (Lipinski definition) is 2. The normalized spacial score (nSPS) is 10.4. The summed E-state index contributed by atoms with van der Waals surface area (Å²) < 4.78 is 6.77. The van der Waals surface area contributed by atoms with E-state index in [1.807, 2.05) is 30.3 Å². The van der Waals surface area contributed by atoms with Gasteiger partial charge in [0, 0.05) is 11.9 Å². The molecule has 0 spiro atoms. The molecule has 7 heteroatoms. The van der Waals surface area contributed by atoms with Crippen molar-refractivity contribution in [2.24, 2.45) is 0 Å². The smallest absolute Gasteiger partial charge is 0.341 e. The van der Waals surface area contributed by atoms with Crippen molar-refractivity contribution in [1.82, 2.24) is 9.78 Å². The summed E-state index contributed by atoms with van der Waals surface area (Å²) in [6.07, 6.45) is 3.04. The topological polar surface area (TPSA) is 107 Å². The summed E-state index contributed by atoms with van der Waals surface area (Å²) in [5, 5.41) is 12.9. The largest absolute Gasteiger partial charge is 0.481 e. The van der Waals surface area contributed by atoms with E-state index in [4.69, 9.17) is 15.6 Å². The van der Waals surface area contributed by atoms with Crippen LogP contribution in [0.4, 0.5) is 5.69 Å². The molecule has 0 radical (unpaired) electrons. The summed E-state index contributed by atoms with van der Waals surface area (Å²) in [6.45, 7) is -0.548. The van der Waals surface area contributed by atoms with Crippen LogP contribution >= 0.6 is 0 Å². The maximum Gasteiger partial charge on any atom is 0.341 e. The lowest BCUT2D eigenvalue weighted by molar-refractivity contribution is -0.139. The van der Waals surface area contributed by atoms with Gasteiger partial charge in [-0.25, -0.2) is 9.48 Å². The van der Waals surface area contributed by atoms with Crippen LogP contribution in [-0.2, 0) is 4.79 Å². The van der Waals surface area contributed by atoms with E-state index in [0.717, 1.165) is 5.69 Å². The molecule has 0 saturated carbocycles. The molecule has 1 aromatic heterocycles. The molecule has 0 amide bonds. The van der Waals surface area contributed by atoms with Gasteiger partial charge < -0.3 is 15.6 Å². The number of aliphatic carboxylic acids is 1. The fourth-order valence-electron chi connectivity index (χ4n) is 2.31. The number of carbonyl (C=O) groups is 2. The Balaban J connectivity index is 1.92. The summed E-state index contributed by atoms with van der Waals surface area (Å²) >= 11 is 0. The van der Waals surface area contributed by atoms with E-state index in [1.165, 1.54) is 18.3 Å². The van der Waals surface area contributed by atoms with Crippen molar-refractivity contribution in [3.63, 3.8) is 0 Å². The molecule has 3 rings (SSSR count). The zero-order valence-electron chi connectivity index (χ0n) is 13.1. The van der Waals surface area contributed by atoms with Crippen LogP contribution < -0.4 is 10.5 Å². The summed E-state index contributed by atoms with van der Waals surface area (Å²) in [4.78, 5) is 23.5. The molecule has 1 heterocycles. The lowest BCUT2D eigenvalue weighted by atomic mass is 10.0. The predicted octanol–water partition coefficient (Wildman–Crippen LogP) is 2.15. The molecule has 0 aliphatic rings. The monoisotopic (exact) mass is 337 g/mol. The highest BCUT2D eigenvalue weighted by Gasteiger charge is 2.18. The second kappa shape index (κ2) is 6.88. The molecule has 3 N–H and O–H groups in total. The molecule has 2 aromatic carbocycles. The second-order valence-corrected chi connectivity index (χ2v) is 5.28. The van der Waals surface area contributed by atoms with Crippen molar-refractivity contribution in [3.05, 3.63) is 72.1 Å². The molecular formula is C18H15N3O4. The van der Waals surface area contributed by atoms with Gasteiger partial charge in [0.2, 0.25) is 0 Å². The van der Waals surface area contributed by atoms with E-state index < -0.39 is 12.6 Å². The Hall–Kier alpha value is -3.61. The average Bonchev–Trinajstić information content (AvgIpc) is 3.11. The number of benzene rings is 2. The van der Waals surface area contributed by atoms with Crippen molar-refractivity contribution < 1.29 is 19.4 Å². The minimum Gasteiger partial charge on any atom is -0.481 e.